The Morgan fingerprint density at radius 3 is 2.38 bits per heavy atom. The predicted octanol–water partition coefficient (Wildman–Crippen LogP) is 8.60. The second-order valence-electron chi connectivity index (χ2n) is 16.0. The van der Waals surface area contributed by atoms with Crippen LogP contribution in [0.2, 0.25) is 0 Å². The van der Waals surface area contributed by atoms with Crippen molar-refractivity contribution in [1.29, 1.82) is 0 Å². The lowest BCUT2D eigenvalue weighted by Gasteiger charge is -2.52. The first-order valence-corrected chi connectivity index (χ1v) is 20.3. The first kappa shape index (κ1) is 37.7. The van der Waals surface area contributed by atoms with Crippen molar-refractivity contribution >= 4 is 22.7 Å². The minimum atomic E-state index is -5.60. The lowest BCUT2D eigenvalue weighted by Crippen LogP contribution is -2.48. The number of Topliss-reactive ketones (excluding diaryl/α,β-unsaturated/α-hetero) is 1. The van der Waals surface area contributed by atoms with Crippen LogP contribution in [0.15, 0.2) is 12.1 Å². The molecule has 5 aliphatic rings. The van der Waals surface area contributed by atoms with Gasteiger partial charge in [0.05, 0.1) is 0 Å². The zero-order valence-electron chi connectivity index (χ0n) is 29.5. The van der Waals surface area contributed by atoms with Gasteiger partial charge in [0.25, 0.3) is 0 Å². The average molecular weight is 729 g/mol. The molecular formula is C38H53F5N2O4S. The third kappa shape index (κ3) is 7.81. The molecule has 0 bridgehead atoms. The maximum Gasteiger partial charge on any atom is 0.453 e. The van der Waals surface area contributed by atoms with Crippen LogP contribution in [0, 0.1) is 30.1 Å². The van der Waals surface area contributed by atoms with E-state index in [9.17, 15) is 35.8 Å². The van der Waals surface area contributed by atoms with Gasteiger partial charge in [0.2, 0.25) is 0 Å². The molecule has 1 amide bonds. The highest BCUT2D eigenvalue weighted by Crippen LogP contribution is 2.61. The van der Waals surface area contributed by atoms with Crippen molar-refractivity contribution in [3.8, 4) is 5.75 Å². The van der Waals surface area contributed by atoms with Crippen molar-refractivity contribution in [2.24, 2.45) is 23.2 Å². The van der Waals surface area contributed by atoms with Crippen molar-refractivity contribution in [1.82, 2.24) is 9.80 Å². The number of alkyl halides is 5. The Morgan fingerprint density at radius 2 is 1.68 bits per heavy atom. The van der Waals surface area contributed by atoms with E-state index < -0.39 is 35.7 Å². The fraction of sp³-hybridized carbons (Fsp3) is 0.789. The van der Waals surface area contributed by atoms with Crippen molar-refractivity contribution < 1.29 is 40.5 Å². The van der Waals surface area contributed by atoms with E-state index in [-0.39, 0.29) is 46.7 Å². The van der Waals surface area contributed by atoms with E-state index in [2.05, 4.69) is 17.9 Å². The van der Waals surface area contributed by atoms with Gasteiger partial charge in [-0.1, -0.05) is 19.4 Å². The summed E-state index contributed by atoms with van der Waals surface area (Å²) in [6.45, 7) is 7.76. The van der Waals surface area contributed by atoms with Gasteiger partial charge in [-0.05, 0) is 137 Å². The number of nitrogens with zero attached hydrogens (tertiary/aromatic N) is 2. The molecule has 2 saturated heterocycles. The first-order chi connectivity index (χ1) is 23.7. The molecule has 3 aliphatic carbocycles. The minimum Gasteiger partial charge on any atom is -0.410 e. The van der Waals surface area contributed by atoms with Crippen LogP contribution in [-0.4, -0.2) is 81.7 Å². The molecule has 6 atom stereocenters. The van der Waals surface area contributed by atoms with Gasteiger partial charge in [-0.2, -0.15) is 22.0 Å². The Bertz CT molecular complexity index is 1420. The van der Waals surface area contributed by atoms with E-state index in [0.717, 1.165) is 69.2 Å². The Balaban J connectivity index is 1.12. The van der Waals surface area contributed by atoms with E-state index in [1.165, 1.54) is 24.8 Å². The summed E-state index contributed by atoms with van der Waals surface area (Å²) in [4.78, 5) is 30.9. The summed E-state index contributed by atoms with van der Waals surface area (Å²) in [5.41, 5.74) is 2.97. The van der Waals surface area contributed by atoms with E-state index in [1.807, 2.05) is 17.9 Å². The van der Waals surface area contributed by atoms with Crippen molar-refractivity contribution in [3.63, 3.8) is 0 Å². The molecule has 2 saturated carbocycles. The number of aryl methyl sites for hydroxylation is 1. The number of ketones is 1. The van der Waals surface area contributed by atoms with Gasteiger partial charge in [-0.25, -0.2) is 4.79 Å². The summed E-state index contributed by atoms with van der Waals surface area (Å²) < 4.78 is 83.0. The molecule has 2 aliphatic heterocycles. The highest BCUT2D eigenvalue weighted by Gasteiger charge is 2.57. The predicted molar refractivity (Wildman–Crippen MR) is 183 cm³/mol. The number of ether oxygens (including phenoxy) is 1. The van der Waals surface area contributed by atoms with Crippen molar-refractivity contribution in [2.45, 2.75) is 128 Å². The molecule has 0 N–H and O–H groups in total. The van der Waals surface area contributed by atoms with Gasteiger partial charge < -0.3 is 14.5 Å². The summed E-state index contributed by atoms with van der Waals surface area (Å²) in [5, 5.41) is 0. The number of hydrogen-bond donors (Lipinski definition) is 0. The number of likely N-dealkylation sites (tertiary alicyclic amines) is 2. The van der Waals surface area contributed by atoms with Gasteiger partial charge in [-0.3, -0.25) is 9.00 Å². The van der Waals surface area contributed by atoms with Crippen molar-refractivity contribution in [2.75, 3.05) is 37.7 Å². The van der Waals surface area contributed by atoms with Gasteiger partial charge in [-0.15, -0.1) is 0 Å². The van der Waals surface area contributed by atoms with Gasteiger partial charge in [0.15, 0.2) is 0 Å². The van der Waals surface area contributed by atoms with E-state index in [1.54, 1.807) is 0 Å². The molecule has 0 radical (unpaired) electrons. The molecule has 4 fully saturated rings. The SMILES string of the molecule is Cc1cc2c(cc1OC(=O)N1CCC(N3CCCCC3)CC1)C[C@@H](CCCS(=O)CCCC(F)(F)C(F)(F)F)[C@@H]1[C@@H]2CC[C@]2(C)C(=O)CC[C@@H]12. The highest BCUT2D eigenvalue weighted by atomic mass is 32.2. The van der Waals surface area contributed by atoms with Crippen LogP contribution in [-0.2, 0) is 22.0 Å². The lowest BCUT2D eigenvalue weighted by molar-refractivity contribution is -0.284. The number of carbonyl (C=O) groups is 2. The number of rotatable bonds is 10. The van der Waals surface area contributed by atoms with E-state index in [0.29, 0.717) is 43.5 Å². The standard InChI is InChI=1S/C38H53F5N2O4S/c1-25-22-30-27(24-32(25)49-35(47)45-18-12-28(13-19-45)44-16-4-3-5-17-44)23-26(34-29(30)11-15-36(2)31(34)9-10-33(36)46)8-6-20-50(48)21-7-14-37(39,40)38(41,42)43/h22,24,26,28-29,31,34H,3-21,23H2,1-2H3/t26-,29-,31+,34-,36+,50?/m1/s1. The normalized spacial score (nSPS) is 30.1. The van der Waals surface area contributed by atoms with Crippen LogP contribution in [0.4, 0.5) is 26.7 Å². The molecule has 1 aromatic carbocycles. The van der Waals surface area contributed by atoms with Gasteiger partial charge in [0.1, 0.15) is 11.5 Å². The fourth-order valence-electron chi connectivity index (χ4n) is 10.1. The van der Waals surface area contributed by atoms with Crippen molar-refractivity contribution in [3.05, 3.63) is 28.8 Å². The molecular weight excluding hydrogens is 675 g/mol. The summed E-state index contributed by atoms with van der Waals surface area (Å²) >= 11 is 0. The Hall–Kier alpha value is -2.08. The molecule has 12 heteroatoms. The highest BCUT2D eigenvalue weighted by molar-refractivity contribution is 7.84. The third-order valence-electron chi connectivity index (χ3n) is 13.0. The molecule has 2 heterocycles. The molecule has 0 aromatic heterocycles. The topological polar surface area (TPSA) is 66.9 Å². The summed E-state index contributed by atoms with van der Waals surface area (Å²) in [5.74, 6) is -2.88. The van der Waals surface area contributed by atoms with E-state index in [4.69, 9.17) is 4.74 Å². The fourth-order valence-corrected chi connectivity index (χ4v) is 11.3. The number of amides is 1. The molecule has 280 valence electrons. The zero-order chi connectivity index (χ0) is 35.8. The molecule has 6 nitrogen and oxygen atoms in total. The second kappa shape index (κ2) is 15.1. The van der Waals surface area contributed by atoms with Gasteiger partial charge >= 0.3 is 18.2 Å². The molecule has 1 aromatic rings. The molecule has 50 heavy (non-hydrogen) atoms. The largest absolute Gasteiger partial charge is 0.453 e. The maximum atomic E-state index is 13.4. The van der Waals surface area contributed by atoms with Crippen LogP contribution in [0.25, 0.3) is 0 Å². The van der Waals surface area contributed by atoms with Crippen LogP contribution in [0.3, 0.4) is 0 Å². The number of fused-ring (bicyclic) bond motifs is 5. The number of piperidine rings is 2. The molecule has 1 unspecified atom stereocenters. The smallest absolute Gasteiger partial charge is 0.410 e. The third-order valence-corrected chi connectivity index (χ3v) is 14.4. The van der Waals surface area contributed by atoms with Crippen LogP contribution >= 0.6 is 0 Å². The van der Waals surface area contributed by atoms with E-state index >= 15 is 0 Å². The van der Waals surface area contributed by atoms with Crippen LogP contribution < -0.4 is 4.74 Å². The first-order valence-electron chi connectivity index (χ1n) is 18.8. The zero-order valence-corrected chi connectivity index (χ0v) is 30.3. The van der Waals surface area contributed by atoms with Crippen LogP contribution in [0.1, 0.15) is 113 Å². The number of benzene rings is 1. The summed E-state index contributed by atoms with van der Waals surface area (Å²) in [7, 11) is -1.50. The second-order valence-corrected chi connectivity index (χ2v) is 17.7. The number of halogens is 5. The average Bonchev–Trinajstić information content (AvgIpc) is 3.38. The quantitative estimate of drug-likeness (QED) is 0.226. The Labute approximate surface area is 295 Å². The number of hydrogen-bond acceptors (Lipinski definition) is 5. The van der Waals surface area contributed by atoms with Crippen LogP contribution in [0.5, 0.6) is 5.75 Å². The molecule has 6 rings (SSSR count). The minimum absolute atomic E-state index is 0.190. The number of carbonyl (C=O) groups excluding carboxylic acids is 2. The van der Waals surface area contributed by atoms with Gasteiger partial charge in [0, 0.05) is 59.7 Å². The lowest BCUT2D eigenvalue weighted by atomic mass is 9.52. The maximum absolute atomic E-state index is 13.4. The Kier molecular flexibility index (Phi) is 11.4. The summed E-state index contributed by atoms with van der Waals surface area (Å²) in [6, 6.07) is 4.73. The summed E-state index contributed by atoms with van der Waals surface area (Å²) in [6.07, 6.45) is 3.14. The monoisotopic (exact) mass is 728 g/mol. The molecule has 0 spiro atoms. The Morgan fingerprint density at radius 1 is 0.980 bits per heavy atom.